The van der Waals surface area contributed by atoms with Crippen LogP contribution in [0, 0.1) is 11.7 Å². The molecular weight excluding hydrogens is 647 g/mol. The highest BCUT2D eigenvalue weighted by Crippen LogP contribution is 2.42. The zero-order valence-corrected chi connectivity index (χ0v) is 30.4. The highest BCUT2D eigenvalue weighted by Gasteiger charge is 2.24. The number of hydrogen-bond acceptors (Lipinski definition) is 7. The fourth-order valence-electron chi connectivity index (χ4n) is 6.51. The van der Waals surface area contributed by atoms with Gasteiger partial charge in [-0.25, -0.2) is 14.0 Å². The van der Waals surface area contributed by atoms with Gasteiger partial charge in [0.05, 0.1) is 5.56 Å². The second-order valence-corrected chi connectivity index (χ2v) is 13.5. The smallest absolute Gasteiger partial charge is 0.333 e. The number of halogens is 1. The minimum absolute atomic E-state index is 0.0445. The summed E-state index contributed by atoms with van der Waals surface area (Å²) in [6.45, 7) is 13.1. The van der Waals surface area contributed by atoms with Crippen molar-refractivity contribution in [3.05, 3.63) is 95.8 Å². The van der Waals surface area contributed by atoms with E-state index in [1.807, 2.05) is 48.5 Å². The molecule has 0 bridgehead atoms. The molecule has 0 radical (unpaired) electrons. The number of aryl methyl sites for hydroxylation is 1. The van der Waals surface area contributed by atoms with Crippen LogP contribution >= 0.6 is 0 Å². The maximum Gasteiger partial charge on any atom is 0.333 e. The number of carbonyl (C=O) groups is 2. The summed E-state index contributed by atoms with van der Waals surface area (Å²) < 4.78 is 38.6. The van der Waals surface area contributed by atoms with Crippen LogP contribution in [0.1, 0.15) is 89.2 Å². The van der Waals surface area contributed by atoms with Gasteiger partial charge in [0.2, 0.25) is 0 Å². The first-order valence-corrected chi connectivity index (χ1v) is 18.2. The fraction of sp³-hybridized carbons (Fsp3) is 0.442. The maximum absolute atomic E-state index is 15.5. The molecule has 0 aromatic heterocycles. The van der Waals surface area contributed by atoms with E-state index in [2.05, 4.69) is 20.1 Å². The molecule has 1 aliphatic carbocycles. The first-order valence-electron chi connectivity index (χ1n) is 18.2. The Bertz CT molecular complexity index is 1580. The molecule has 3 aromatic carbocycles. The van der Waals surface area contributed by atoms with E-state index in [4.69, 9.17) is 18.9 Å². The Kier molecular flexibility index (Phi) is 15.3. The molecule has 0 heterocycles. The number of hydrogen-bond donors (Lipinski definition) is 1. The van der Waals surface area contributed by atoms with Crippen molar-refractivity contribution in [3.63, 3.8) is 0 Å². The Morgan fingerprint density at radius 2 is 1.31 bits per heavy atom. The number of esters is 2. The lowest BCUT2D eigenvalue weighted by Gasteiger charge is -2.28. The Morgan fingerprint density at radius 1 is 0.765 bits per heavy atom. The van der Waals surface area contributed by atoms with E-state index in [0.29, 0.717) is 34.1 Å². The van der Waals surface area contributed by atoms with Crippen LogP contribution in [0.15, 0.2) is 78.9 Å². The summed E-state index contributed by atoms with van der Waals surface area (Å²) in [7, 11) is 0. The third kappa shape index (κ3) is 11.5. The summed E-state index contributed by atoms with van der Waals surface area (Å²) in [4.78, 5) is 23.9. The topological polar surface area (TPSA) is 91.3 Å². The number of rotatable bonds is 19. The van der Waals surface area contributed by atoms with Crippen molar-refractivity contribution in [1.29, 1.82) is 0 Å². The zero-order chi connectivity index (χ0) is 36.8. The minimum Gasteiger partial charge on any atom is -0.489 e. The van der Waals surface area contributed by atoms with Gasteiger partial charge in [0.1, 0.15) is 43.7 Å². The minimum atomic E-state index is -0.481. The number of ether oxygens (including phenoxy) is 4. The van der Waals surface area contributed by atoms with Gasteiger partial charge < -0.3 is 24.1 Å². The Hall–Kier alpha value is -4.43. The van der Waals surface area contributed by atoms with Gasteiger partial charge in [-0.1, -0.05) is 69.3 Å². The van der Waals surface area contributed by atoms with E-state index < -0.39 is 11.9 Å². The second kappa shape index (κ2) is 19.8. The van der Waals surface area contributed by atoms with Crippen molar-refractivity contribution in [1.82, 2.24) is 0 Å². The Morgan fingerprint density at radius 3 is 1.82 bits per heavy atom. The van der Waals surface area contributed by atoms with Crippen molar-refractivity contribution < 1.29 is 38.0 Å². The summed E-state index contributed by atoms with van der Waals surface area (Å²) in [6, 6.07) is 17.3. The zero-order valence-electron chi connectivity index (χ0n) is 30.4. The normalized spacial score (nSPS) is 15.5. The SMILES string of the molecule is C=C(C)C(=O)OCCOc1cc(CCCCC)cc(OCCOC(=O)C(=C)C)c1-c1ccc(-c2ccc(C3CCC(CCO)CC3)c(F)c2)cc1. The summed E-state index contributed by atoms with van der Waals surface area (Å²) in [5.41, 5.74) is 5.60. The standard InChI is InChI=1S/C43H53FO7/c1-6-7-8-9-32-26-39(48-22-24-50-42(46)29(2)3)41(40(27-32)49-23-25-51-43(47)30(4)5)35-16-14-33(15-17-35)36-18-19-37(38(44)28-36)34-12-10-31(11-13-34)20-21-45/h14-19,26-28,31,34,45H,2,4,6-13,20-25H2,1,3,5H3. The molecule has 274 valence electrons. The third-order valence-electron chi connectivity index (χ3n) is 9.37. The molecule has 0 saturated heterocycles. The molecule has 0 aliphatic heterocycles. The second-order valence-electron chi connectivity index (χ2n) is 13.5. The summed E-state index contributed by atoms with van der Waals surface area (Å²) >= 11 is 0. The maximum atomic E-state index is 15.5. The lowest BCUT2D eigenvalue weighted by atomic mass is 9.77. The summed E-state index contributed by atoms with van der Waals surface area (Å²) in [6.07, 6.45) is 8.72. The van der Waals surface area contributed by atoms with Crippen molar-refractivity contribution >= 4 is 11.9 Å². The van der Waals surface area contributed by atoms with E-state index in [0.717, 1.165) is 85.6 Å². The third-order valence-corrected chi connectivity index (χ3v) is 9.37. The number of aliphatic hydroxyl groups is 1. The molecular formula is C43H53FO7. The van der Waals surface area contributed by atoms with E-state index in [1.54, 1.807) is 19.9 Å². The Balaban J connectivity index is 1.61. The highest BCUT2D eigenvalue weighted by molar-refractivity contribution is 5.87. The predicted octanol–water partition coefficient (Wildman–Crippen LogP) is 9.54. The number of carbonyl (C=O) groups excluding carboxylic acids is 2. The molecule has 0 spiro atoms. The van der Waals surface area contributed by atoms with Crippen molar-refractivity contribution in [2.45, 2.75) is 84.5 Å². The first-order chi connectivity index (χ1) is 24.6. The van der Waals surface area contributed by atoms with Gasteiger partial charge in [0.15, 0.2) is 0 Å². The lowest BCUT2D eigenvalue weighted by Crippen LogP contribution is -2.15. The monoisotopic (exact) mass is 700 g/mol. The van der Waals surface area contributed by atoms with Crippen LogP contribution in [-0.2, 0) is 25.5 Å². The molecule has 1 N–H and O–H groups in total. The van der Waals surface area contributed by atoms with Gasteiger partial charge in [0, 0.05) is 17.8 Å². The summed E-state index contributed by atoms with van der Waals surface area (Å²) in [5.74, 6) is 0.720. The highest BCUT2D eigenvalue weighted by atomic mass is 19.1. The molecule has 3 aromatic rings. The van der Waals surface area contributed by atoms with Crippen molar-refractivity contribution in [2.24, 2.45) is 5.92 Å². The van der Waals surface area contributed by atoms with Crippen molar-refractivity contribution in [2.75, 3.05) is 33.0 Å². The molecule has 51 heavy (non-hydrogen) atoms. The van der Waals surface area contributed by atoms with Gasteiger partial charge in [-0.3, -0.25) is 0 Å². The molecule has 0 amide bonds. The van der Waals surface area contributed by atoms with E-state index in [1.165, 1.54) is 0 Å². The first kappa shape index (κ1) is 39.4. The van der Waals surface area contributed by atoms with E-state index in [-0.39, 0.29) is 44.8 Å². The lowest BCUT2D eigenvalue weighted by molar-refractivity contribution is -0.140. The van der Waals surface area contributed by atoms with Gasteiger partial charge in [-0.2, -0.15) is 0 Å². The van der Waals surface area contributed by atoms with E-state index in [9.17, 15) is 14.7 Å². The predicted molar refractivity (Wildman–Crippen MR) is 199 cm³/mol. The van der Waals surface area contributed by atoms with Crippen LogP contribution in [0.5, 0.6) is 11.5 Å². The molecule has 7 nitrogen and oxygen atoms in total. The van der Waals surface area contributed by atoms with Gasteiger partial charge >= 0.3 is 11.9 Å². The molecule has 0 unspecified atom stereocenters. The van der Waals surface area contributed by atoms with Gasteiger partial charge in [-0.05, 0) is 117 Å². The van der Waals surface area contributed by atoms with Crippen LogP contribution in [0.4, 0.5) is 4.39 Å². The Labute approximate surface area is 302 Å². The van der Waals surface area contributed by atoms with E-state index >= 15 is 4.39 Å². The van der Waals surface area contributed by atoms with Crippen molar-refractivity contribution in [3.8, 4) is 33.8 Å². The molecule has 0 atom stereocenters. The summed E-state index contributed by atoms with van der Waals surface area (Å²) in [5, 5.41) is 9.28. The number of unbranched alkanes of at least 4 members (excludes halogenated alkanes) is 2. The van der Waals surface area contributed by atoms with Crippen LogP contribution in [-0.4, -0.2) is 50.1 Å². The van der Waals surface area contributed by atoms with Crippen LogP contribution in [0.3, 0.4) is 0 Å². The number of aliphatic hydroxyl groups excluding tert-OH is 1. The molecule has 1 fully saturated rings. The van der Waals surface area contributed by atoms with Crippen LogP contribution in [0.2, 0.25) is 0 Å². The van der Waals surface area contributed by atoms with Gasteiger partial charge in [-0.15, -0.1) is 0 Å². The number of benzene rings is 3. The van der Waals surface area contributed by atoms with Crippen LogP contribution < -0.4 is 9.47 Å². The van der Waals surface area contributed by atoms with Crippen LogP contribution in [0.25, 0.3) is 22.3 Å². The fourth-order valence-corrected chi connectivity index (χ4v) is 6.51. The average molecular weight is 701 g/mol. The molecule has 1 aliphatic rings. The molecule has 4 rings (SSSR count). The average Bonchev–Trinajstić information content (AvgIpc) is 3.12. The quantitative estimate of drug-likeness (QED) is 0.0757. The van der Waals surface area contributed by atoms with Gasteiger partial charge in [0.25, 0.3) is 0 Å². The molecule has 8 heteroatoms. The molecule has 1 saturated carbocycles. The largest absolute Gasteiger partial charge is 0.489 e.